The lowest BCUT2D eigenvalue weighted by Gasteiger charge is -2.26. The first kappa shape index (κ1) is 17.2. The van der Waals surface area contributed by atoms with Crippen LogP contribution in [-0.2, 0) is 4.79 Å². The molecule has 24 heavy (non-hydrogen) atoms. The van der Waals surface area contributed by atoms with Crippen molar-refractivity contribution in [3.05, 3.63) is 35.1 Å². The summed E-state index contributed by atoms with van der Waals surface area (Å²) in [6, 6.07) is 5.88. The molecule has 3 rings (SSSR count). The van der Waals surface area contributed by atoms with Crippen molar-refractivity contribution < 1.29 is 4.79 Å². The molecule has 2 aromatic rings. The number of hydrogen-bond acceptors (Lipinski definition) is 3. The summed E-state index contributed by atoms with van der Waals surface area (Å²) in [5, 5.41) is 5.40. The molecule has 1 aliphatic heterocycles. The van der Waals surface area contributed by atoms with Crippen molar-refractivity contribution in [3.63, 3.8) is 0 Å². The smallest absolute Gasteiger partial charge is 0.224 e. The Bertz CT molecular complexity index is 726. The van der Waals surface area contributed by atoms with Crippen LogP contribution in [0.4, 0.5) is 5.69 Å². The Balaban J connectivity index is 1.58. The number of pyridine rings is 1. The number of benzene rings is 1. The summed E-state index contributed by atoms with van der Waals surface area (Å²) in [4.78, 5) is 18.8. The Morgan fingerprint density at radius 2 is 2.08 bits per heavy atom. The van der Waals surface area contributed by atoms with Crippen molar-refractivity contribution in [2.45, 2.75) is 39.0 Å². The van der Waals surface area contributed by atoms with Gasteiger partial charge >= 0.3 is 0 Å². The topological polar surface area (TPSA) is 45.2 Å². The van der Waals surface area contributed by atoms with Crippen molar-refractivity contribution in [1.82, 2.24) is 9.88 Å². The standard InChI is InChI=1S/C19H24ClN3O/c1-14-12-15-7-8-21-19(20)16(15)13-17(14)22-18(24)6-5-11-23-9-3-2-4-10-23/h7-8,12-13H,2-6,9-11H2,1H3,(H,22,24). The molecule has 1 aromatic heterocycles. The Morgan fingerprint density at radius 3 is 2.88 bits per heavy atom. The summed E-state index contributed by atoms with van der Waals surface area (Å²) in [6.07, 6.45) is 7.07. The molecule has 1 amide bonds. The maximum atomic E-state index is 12.2. The number of halogens is 1. The van der Waals surface area contributed by atoms with E-state index in [1.54, 1.807) is 6.20 Å². The maximum Gasteiger partial charge on any atom is 0.224 e. The summed E-state index contributed by atoms with van der Waals surface area (Å²) < 4.78 is 0. The molecule has 0 bridgehead atoms. The zero-order valence-electron chi connectivity index (χ0n) is 14.1. The largest absolute Gasteiger partial charge is 0.326 e. The first-order valence-electron chi connectivity index (χ1n) is 8.70. The molecule has 128 valence electrons. The number of rotatable bonds is 5. The fourth-order valence-electron chi connectivity index (χ4n) is 3.29. The van der Waals surface area contributed by atoms with Gasteiger partial charge in [-0.15, -0.1) is 0 Å². The lowest BCUT2D eigenvalue weighted by atomic mass is 10.1. The molecule has 1 fully saturated rings. The van der Waals surface area contributed by atoms with Gasteiger partial charge in [-0.2, -0.15) is 0 Å². The molecular weight excluding hydrogens is 322 g/mol. The first-order chi connectivity index (χ1) is 11.6. The van der Waals surface area contributed by atoms with Crippen LogP contribution in [0.2, 0.25) is 5.15 Å². The maximum absolute atomic E-state index is 12.2. The van der Waals surface area contributed by atoms with E-state index < -0.39 is 0 Å². The second-order valence-electron chi connectivity index (χ2n) is 6.54. The van der Waals surface area contributed by atoms with Crippen LogP contribution >= 0.6 is 11.6 Å². The highest BCUT2D eigenvalue weighted by molar-refractivity contribution is 6.34. The van der Waals surface area contributed by atoms with E-state index in [-0.39, 0.29) is 5.91 Å². The molecule has 0 unspecified atom stereocenters. The van der Waals surface area contributed by atoms with Gasteiger partial charge in [-0.05, 0) is 75.0 Å². The van der Waals surface area contributed by atoms with Gasteiger partial charge in [-0.1, -0.05) is 18.0 Å². The SMILES string of the molecule is Cc1cc2ccnc(Cl)c2cc1NC(=O)CCCN1CCCCC1. The van der Waals surface area contributed by atoms with Gasteiger partial charge in [-0.25, -0.2) is 4.98 Å². The number of amides is 1. The van der Waals surface area contributed by atoms with E-state index in [4.69, 9.17) is 11.6 Å². The van der Waals surface area contributed by atoms with Gasteiger partial charge in [0.2, 0.25) is 5.91 Å². The monoisotopic (exact) mass is 345 g/mol. The summed E-state index contributed by atoms with van der Waals surface area (Å²) in [6.45, 7) is 5.37. The number of nitrogens with zero attached hydrogens (tertiary/aromatic N) is 2. The van der Waals surface area contributed by atoms with Crippen LogP contribution in [0, 0.1) is 6.92 Å². The number of aryl methyl sites for hydroxylation is 1. The Morgan fingerprint density at radius 1 is 1.29 bits per heavy atom. The molecule has 4 nitrogen and oxygen atoms in total. The summed E-state index contributed by atoms with van der Waals surface area (Å²) in [7, 11) is 0. The first-order valence-corrected chi connectivity index (χ1v) is 9.08. The van der Waals surface area contributed by atoms with Crippen LogP contribution in [0.1, 0.15) is 37.7 Å². The highest BCUT2D eigenvalue weighted by Crippen LogP contribution is 2.27. The third kappa shape index (κ3) is 4.25. The van der Waals surface area contributed by atoms with Crippen molar-refractivity contribution in [1.29, 1.82) is 0 Å². The molecule has 1 saturated heterocycles. The molecule has 5 heteroatoms. The fraction of sp³-hybridized carbons (Fsp3) is 0.474. The Kier molecular flexibility index (Phi) is 5.69. The molecule has 0 spiro atoms. The van der Waals surface area contributed by atoms with E-state index in [2.05, 4.69) is 15.2 Å². The van der Waals surface area contributed by atoms with Gasteiger partial charge in [-0.3, -0.25) is 4.79 Å². The van der Waals surface area contributed by atoms with Crippen molar-refractivity contribution in [2.75, 3.05) is 25.0 Å². The number of fused-ring (bicyclic) bond motifs is 1. The minimum Gasteiger partial charge on any atom is -0.326 e. The molecule has 0 atom stereocenters. The Labute approximate surface area is 148 Å². The predicted octanol–water partition coefficient (Wildman–Crippen LogP) is 4.40. The molecule has 2 heterocycles. The van der Waals surface area contributed by atoms with E-state index in [0.29, 0.717) is 11.6 Å². The van der Waals surface area contributed by atoms with E-state index in [9.17, 15) is 4.79 Å². The molecule has 0 radical (unpaired) electrons. The van der Waals surface area contributed by atoms with Crippen LogP contribution < -0.4 is 5.32 Å². The normalized spacial score (nSPS) is 15.6. The highest BCUT2D eigenvalue weighted by Gasteiger charge is 2.12. The lowest BCUT2D eigenvalue weighted by Crippen LogP contribution is -2.31. The van der Waals surface area contributed by atoms with Crippen LogP contribution in [0.3, 0.4) is 0 Å². The van der Waals surface area contributed by atoms with Crippen molar-refractivity contribution in [2.24, 2.45) is 0 Å². The number of aromatic nitrogens is 1. The third-order valence-corrected chi connectivity index (χ3v) is 4.96. The van der Waals surface area contributed by atoms with Crippen LogP contribution in [0.5, 0.6) is 0 Å². The van der Waals surface area contributed by atoms with Crippen molar-refractivity contribution >= 4 is 34.0 Å². The van der Waals surface area contributed by atoms with Gasteiger partial charge in [0.15, 0.2) is 0 Å². The van der Waals surface area contributed by atoms with E-state index in [1.807, 2.05) is 25.1 Å². The van der Waals surface area contributed by atoms with Gasteiger partial charge < -0.3 is 10.2 Å². The number of carbonyl (C=O) groups excluding carboxylic acids is 1. The van der Waals surface area contributed by atoms with Crippen LogP contribution in [0.15, 0.2) is 24.4 Å². The fourth-order valence-corrected chi connectivity index (χ4v) is 3.51. The van der Waals surface area contributed by atoms with Gasteiger partial charge in [0, 0.05) is 23.7 Å². The number of piperidine rings is 1. The second-order valence-corrected chi connectivity index (χ2v) is 6.90. The molecule has 1 N–H and O–H groups in total. The third-order valence-electron chi connectivity index (χ3n) is 4.66. The zero-order chi connectivity index (χ0) is 16.9. The quantitative estimate of drug-likeness (QED) is 0.817. The zero-order valence-corrected chi connectivity index (χ0v) is 14.9. The van der Waals surface area contributed by atoms with Gasteiger partial charge in [0.05, 0.1) is 0 Å². The summed E-state index contributed by atoms with van der Waals surface area (Å²) >= 11 is 6.16. The number of hydrogen-bond donors (Lipinski definition) is 1. The van der Waals surface area contributed by atoms with Gasteiger partial charge in [0.25, 0.3) is 0 Å². The van der Waals surface area contributed by atoms with E-state index in [0.717, 1.165) is 35.0 Å². The van der Waals surface area contributed by atoms with Crippen LogP contribution in [-0.4, -0.2) is 35.4 Å². The number of nitrogens with one attached hydrogen (secondary N) is 1. The second kappa shape index (κ2) is 7.95. The molecule has 0 saturated carbocycles. The number of anilines is 1. The lowest BCUT2D eigenvalue weighted by molar-refractivity contribution is -0.116. The average Bonchev–Trinajstić information content (AvgIpc) is 2.57. The minimum atomic E-state index is 0.0643. The summed E-state index contributed by atoms with van der Waals surface area (Å²) in [5.41, 5.74) is 1.86. The molecule has 1 aliphatic rings. The number of carbonyl (C=O) groups is 1. The van der Waals surface area contributed by atoms with E-state index in [1.165, 1.54) is 32.4 Å². The van der Waals surface area contributed by atoms with E-state index >= 15 is 0 Å². The molecule has 0 aliphatic carbocycles. The average molecular weight is 346 g/mol. The Hall–Kier alpha value is -1.65. The van der Waals surface area contributed by atoms with Crippen LogP contribution in [0.25, 0.3) is 10.8 Å². The predicted molar refractivity (Wildman–Crippen MR) is 99.6 cm³/mol. The highest BCUT2D eigenvalue weighted by atomic mass is 35.5. The minimum absolute atomic E-state index is 0.0643. The summed E-state index contributed by atoms with van der Waals surface area (Å²) in [5.74, 6) is 0.0643. The molecule has 1 aromatic carbocycles. The van der Waals surface area contributed by atoms with Crippen molar-refractivity contribution in [3.8, 4) is 0 Å². The number of likely N-dealkylation sites (tertiary alicyclic amines) is 1. The van der Waals surface area contributed by atoms with Gasteiger partial charge in [0.1, 0.15) is 5.15 Å². The molecular formula is C19H24ClN3O.